The molecule has 1 N–H and O–H groups in total. The molecule has 1 heterocycles. The van der Waals surface area contributed by atoms with Crippen LogP contribution in [0.4, 0.5) is 0 Å². The Bertz CT molecular complexity index is 580. The topological polar surface area (TPSA) is 49.0 Å². The number of nitrogens with zero attached hydrogens (tertiary/aromatic N) is 2. The Labute approximate surface area is 113 Å². The van der Waals surface area contributed by atoms with Crippen molar-refractivity contribution in [1.82, 2.24) is 4.57 Å². The molecule has 0 aliphatic heterocycles. The molecule has 1 aromatic heterocycles. The highest BCUT2D eigenvalue weighted by atomic mass is 16.3. The van der Waals surface area contributed by atoms with E-state index in [0.717, 1.165) is 24.0 Å². The average molecular weight is 254 g/mol. The largest absolute Gasteiger partial charge is 0.388 e. The zero-order valence-electron chi connectivity index (χ0n) is 11.1. The number of nitriles is 1. The first-order valence-electron chi connectivity index (χ1n) is 6.56. The number of aliphatic hydroxyl groups is 1. The third-order valence-electron chi connectivity index (χ3n) is 3.21. The SMILES string of the molecule is CCCC(O)c1ccn(Cc2ccccc2C#N)c1. The lowest BCUT2D eigenvalue weighted by Gasteiger charge is -2.07. The van der Waals surface area contributed by atoms with Crippen LogP contribution in [0, 0.1) is 11.3 Å². The fourth-order valence-electron chi connectivity index (χ4n) is 2.16. The van der Waals surface area contributed by atoms with Crippen molar-refractivity contribution in [2.45, 2.75) is 32.4 Å². The molecule has 0 spiro atoms. The number of benzene rings is 1. The summed E-state index contributed by atoms with van der Waals surface area (Å²) >= 11 is 0. The Kier molecular flexibility index (Phi) is 4.38. The van der Waals surface area contributed by atoms with Crippen molar-refractivity contribution in [2.75, 3.05) is 0 Å². The van der Waals surface area contributed by atoms with Crippen LogP contribution in [0.25, 0.3) is 0 Å². The van der Waals surface area contributed by atoms with Gasteiger partial charge in [0.15, 0.2) is 0 Å². The number of rotatable bonds is 5. The molecule has 98 valence electrons. The molecule has 0 amide bonds. The molecule has 1 aromatic carbocycles. The summed E-state index contributed by atoms with van der Waals surface area (Å²) in [6.07, 6.45) is 5.25. The summed E-state index contributed by atoms with van der Waals surface area (Å²) < 4.78 is 2.00. The van der Waals surface area contributed by atoms with Crippen LogP contribution in [0.5, 0.6) is 0 Å². The summed E-state index contributed by atoms with van der Waals surface area (Å²) in [4.78, 5) is 0. The summed E-state index contributed by atoms with van der Waals surface area (Å²) in [7, 11) is 0. The molecule has 2 rings (SSSR count). The van der Waals surface area contributed by atoms with E-state index in [1.165, 1.54) is 0 Å². The maximum Gasteiger partial charge on any atom is 0.0995 e. The van der Waals surface area contributed by atoms with Crippen molar-refractivity contribution in [3.05, 3.63) is 59.4 Å². The predicted octanol–water partition coefficient (Wildman–Crippen LogP) is 3.24. The van der Waals surface area contributed by atoms with E-state index in [4.69, 9.17) is 5.26 Å². The third kappa shape index (κ3) is 3.24. The summed E-state index contributed by atoms with van der Waals surface area (Å²) in [6, 6.07) is 11.7. The van der Waals surface area contributed by atoms with E-state index in [2.05, 4.69) is 13.0 Å². The van der Waals surface area contributed by atoms with Crippen LogP contribution in [-0.4, -0.2) is 9.67 Å². The van der Waals surface area contributed by atoms with Gasteiger partial charge >= 0.3 is 0 Å². The smallest absolute Gasteiger partial charge is 0.0995 e. The van der Waals surface area contributed by atoms with Crippen molar-refractivity contribution in [1.29, 1.82) is 5.26 Å². The lowest BCUT2D eigenvalue weighted by atomic mass is 10.1. The van der Waals surface area contributed by atoms with Gasteiger partial charge in [-0.3, -0.25) is 0 Å². The predicted molar refractivity (Wildman–Crippen MR) is 74.6 cm³/mol. The second kappa shape index (κ2) is 6.21. The molecule has 1 unspecified atom stereocenters. The van der Waals surface area contributed by atoms with Gasteiger partial charge in [-0.25, -0.2) is 0 Å². The fraction of sp³-hybridized carbons (Fsp3) is 0.312. The average Bonchev–Trinajstić information content (AvgIpc) is 2.88. The first kappa shape index (κ1) is 13.4. The van der Waals surface area contributed by atoms with E-state index < -0.39 is 6.10 Å². The third-order valence-corrected chi connectivity index (χ3v) is 3.21. The Balaban J connectivity index is 2.14. The minimum atomic E-state index is -0.391. The van der Waals surface area contributed by atoms with Crippen LogP contribution in [0.2, 0.25) is 0 Å². The maximum atomic E-state index is 9.94. The van der Waals surface area contributed by atoms with Gasteiger partial charge in [-0.15, -0.1) is 0 Å². The van der Waals surface area contributed by atoms with E-state index in [-0.39, 0.29) is 0 Å². The number of aliphatic hydroxyl groups excluding tert-OH is 1. The highest BCUT2D eigenvalue weighted by molar-refractivity contribution is 5.37. The molecule has 1 atom stereocenters. The first-order valence-corrected chi connectivity index (χ1v) is 6.56. The van der Waals surface area contributed by atoms with Gasteiger partial charge in [0.2, 0.25) is 0 Å². The lowest BCUT2D eigenvalue weighted by molar-refractivity contribution is 0.166. The van der Waals surface area contributed by atoms with Crippen LogP contribution >= 0.6 is 0 Å². The minimum absolute atomic E-state index is 0.391. The van der Waals surface area contributed by atoms with Gasteiger partial charge in [0.25, 0.3) is 0 Å². The quantitative estimate of drug-likeness (QED) is 0.890. The number of hydrogen-bond donors (Lipinski definition) is 1. The van der Waals surface area contributed by atoms with E-state index in [1.807, 2.05) is 47.3 Å². The highest BCUT2D eigenvalue weighted by Crippen LogP contribution is 2.19. The summed E-state index contributed by atoms with van der Waals surface area (Å²) in [5.41, 5.74) is 2.64. The van der Waals surface area contributed by atoms with E-state index in [1.54, 1.807) is 0 Å². The van der Waals surface area contributed by atoms with Gasteiger partial charge in [-0.2, -0.15) is 5.26 Å². The second-order valence-electron chi connectivity index (χ2n) is 4.69. The molecule has 0 bridgehead atoms. The summed E-state index contributed by atoms with van der Waals surface area (Å²) in [5, 5.41) is 19.0. The number of hydrogen-bond acceptors (Lipinski definition) is 2. The molecule has 3 heteroatoms. The maximum absolute atomic E-state index is 9.94. The zero-order chi connectivity index (χ0) is 13.7. The van der Waals surface area contributed by atoms with Crippen molar-refractivity contribution in [3.63, 3.8) is 0 Å². The standard InChI is InChI=1S/C16H18N2O/c1-2-5-16(19)15-8-9-18(12-15)11-14-7-4-3-6-13(14)10-17/h3-4,6-9,12,16,19H,2,5,11H2,1H3. The second-order valence-corrected chi connectivity index (χ2v) is 4.69. The van der Waals surface area contributed by atoms with Crippen LogP contribution < -0.4 is 0 Å². The molecule has 2 aromatic rings. The summed E-state index contributed by atoms with van der Waals surface area (Å²) in [5.74, 6) is 0. The Morgan fingerprint density at radius 3 is 2.84 bits per heavy atom. The van der Waals surface area contributed by atoms with Crippen molar-refractivity contribution < 1.29 is 5.11 Å². The van der Waals surface area contributed by atoms with Crippen LogP contribution in [0.15, 0.2) is 42.7 Å². The summed E-state index contributed by atoms with van der Waals surface area (Å²) in [6.45, 7) is 2.71. The lowest BCUT2D eigenvalue weighted by Crippen LogP contribution is -2.00. The van der Waals surface area contributed by atoms with Gasteiger partial charge in [0, 0.05) is 18.9 Å². The highest BCUT2D eigenvalue weighted by Gasteiger charge is 2.08. The van der Waals surface area contributed by atoms with E-state index in [0.29, 0.717) is 12.1 Å². The van der Waals surface area contributed by atoms with Gasteiger partial charge in [-0.05, 0) is 29.7 Å². The van der Waals surface area contributed by atoms with Gasteiger partial charge in [0.1, 0.15) is 0 Å². The molecule has 19 heavy (non-hydrogen) atoms. The van der Waals surface area contributed by atoms with Crippen LogP contribution in [-0.2, 0) is 6.54 Å². The number of aromatic nitrogens is 1. The Morgan fingerprint density at radius 1 is 1.32 bits per heavy atom. The molecular formula is C16H18N2O. The van der Waals surface area contributed by atoms with E-state index in [9.17, 15) is 5.11 Å². The molecule has 0 fully saturated rings. The van der Waals surface area contributed by atoms with E-state index >= 15 is 0 Å². The molecule has 0 aliphatic carbocycles. The van der Waals surface area contributed by atoms with Gasteiger partial charge in [-0.1, -0.05) is 31.5 Å². The zero-order valence-corrected chi connectivity index (χ0v) is 11.1. The van der Waals surface area contributed by atoms with Gasteiger partial charge < -0.3 is 9.67 Å². The molecule has 0 aliphatic rings. The van der Waals surface area contributed by atoms with Crippen molar-refractivity contribution in [3.8, 4) is 6.07 Å². The molecule has 0 saturated carbocycles. The minimum Gasteiger partial charge on any atom is -0.388 e. The molecule has 3 nitrogen and oxygen atoms in total. The van der Waals surface area contributed by atoms with Crippen LogP contribution in [0.1, 0.15) is 42.6 Å². The van der Waals surface area contributed by atoms with Crippen LogP contribution in [0.3, 0.4) is 0 Å². The molecule has 0 radical (unpaired) electrons. The first-order chi connectivity index (χ1) is 9.24. The Morgan fingerprint density at radius 2 is 2.11 bits per heavy atom. The fourth-order valence-corrected chi connectivity index (χ4v) is 2.16. The Hall–Kier alpha value is -2.05. The van der Waals surface area contributed by atoms with Crippen molar-refractivity contribution in [2.24, 2.45) is 0 Å². The van der Waals surface area contributed by atoms with Crippen molar-refractivity contribution >= 4 is 0 Å². The normalized spacial score (nSPS) is 12.1. The van der Waals surface area contributed by atoms with Gasteiger partial charge in [0.05, 0.1) is 17.7 Å². The molecular weight excluding hydrogens is 236 g/mol. The monoisotopic (exact) mass is 254 g/mol. The molecule has 0 saturated heterocycles.